The highest BCUT2D eigenvalue weighted by Crippen LogP contribution is 2.59. The Labute approximate surface area is 357 Å². The first-order chi connectivity index (χ1) is 30.3. The van der Waals surface area contributed by atoms with Crippen LogP contribution >= 0.6 is 0 Å². The molecule has 10 aromatic rings. The van der Waals surface area contributed by atoms with Gasteiger partial charge < -0.3 is 4.90 Å². The molecule has 0 fully saturated rings. The third-order valence-corrected chi connectivity index (χ3v) is 13.4. The van der Waals surface area contributed by atoms with Crippen molar-refractivity contribution in [3.05, 3.63) is 293 Å². The molecule has 12 rings (SSSR count). The monoisotopic (exact) mass is 775 g/mol. The number of hydrogen-bond acceptors (Lipinski definition) is 1. The van der Waals surface area contributed by atoms with E-state index in [1.165, 1.54) is 77.5 Å². The fourth-order valence-electron chi connectivity index (χ4n) is 11.0. The van der Waals surface area contributed by atoms with E-state index in [-0.39, 0.29) is 0 Å². The maximum absolute atomic E-state index is 2.51. The van der Waals surface area contributed by atoms with E-state index in [2.05, 4.69) is 254 Å². The summed E-state index contributed by atoms with van der Waals surface area (Å²) in [5.74, 6) is 0. The van der Waals surface area contributed by atoms with Crippen LogP contribution in [-0.4, -0.2) is 0 Å². The molecule has 0 saturated carbocycles. The summed E-state index contributed by atoms with van der Waals surface area (Å²) in [5.41, 5.74) is 17.6. The minimum absolute atomic E-state index is 0.524. The first-order valence-corrected chi connectivity index (χ1v) is 21.3. The molecule has 0 amide bonds. The highest BCUT2D eigenvalue weighted by atomic mass is 15.1. The Kier molecular flexibility index (Phi) is 8.05. The summed E-state index contributed by atoms with van der Waals surface area (Å²) in [7, 11) is 0. The van der Waals surface area contributed by atoms with Crippen molar-refractivity contribution in [2.24, 2.45) is 0 Å². The van der Waals surface area contributed by atoms with Crippen molar-refractivity contribution in [3.8, 4) is 22.3 Å². The lowest BCUT2D eigenvalue weighted by Crippen LogP contribution is -2.29. The quantitative estimate of drug-likeness (QED) is 0.156. The van der Waals surface area contributed by atoms with Crippen LogP contribution in [-0.2, 0) is 10.8 Å². The largest absolute Gasteiger partial charge is 0.310 e. The summed E-state index contributed by atoms with van der Waals surface area (Å²) in [4.78, 5) is 2.51. The number of hydrogen-bond donors (Lipinski definition) is 0. The number of rotatable bonds is 7. The summed E-state index contributed by atoms with van der Waals surface area (Å²) in [6.45, 7) is 0. The summed E-state index contributed by atoms with van der Waals surface area (Å²) < 4.78 is 0. The first kappa shape index (κ1) is 35.2. The van der Waals surface area contributed by atoms with Gasteiger partial charge in [0.2, 0.25) is 0 Å². The lowest BCUT2D eigenvalue weighted by atomic mass is 9.67. The van der Waals surface area contributed by atoms with Crippen molar-refractivity contribution in [1.29, 1.82) is 0 Å². The molecular weight excluding hydrogens is 735 g/mol. The molecule has 0 atom stereocenters. The minimum atomic E-state index is -0.524. The van der Waals surface area contributed by atoms with Crippen LogP contribution in [0.4, 0.5) is 17.1 Å². The van der Waals surface area contributed by atoms with Gasteiger partial charge in [0.1, 0.15) is 0 Å². The molecule has 0 aliphatic heterocycles. The van der Waals surface area contributed by atoms with Crippen molar-refractivity contribution in [2.45, 2.75) is 10.8 Å². The Morgan fingerprint density at radius 2 is 0.623 bits per heavy atom. The molecule has 0 unspecified atom stereocenters. The second kappa shape index (κ2) is 13.9. The highest BCUT2D eigenvalue weighted by Gasteiger charge is 2.48. The van der Waals surface area contributed by atoms with Crippen LogP contribution in [0.25, 0.3) is 33.0 Å². The molecule has 0 N–H and O–H groups in total. The fraction of sp³-hybridized carbons (Fsp3) is 0.0333. The van der Waals surface area contributed by atoms with E-state index in [1.54, 1.807) is 0 Å². The highest BCUT2D eigenvalue weighted by molar-refractivity contribution is 6.00. The molecule has 2 aliphatic carbocycles. The van der Waals surface area contributed by atoms with Crippen molar-refractivity contribution in [2.75, 3.05) is 4.90 Å². The Morgan fingerprint density at radius 1 is 0.262 bits per heavy atom. The zero-order valence-electron chi connectivity index (χ0n) is 33.6. The van der Waals surface area contributed by atoms with Crippen molar-refractivity contribution in [3.63, 3.8) is 0 Å². The zero-order chi connectivity index (χ0) is 40.4. The molecule has 61 heavy (non-hydrogen) atoms. The molecule has 0 heterocycles. The van der Waals surface area contributed by atoms with Crippen LogP contribution in [0.3, 0.4) is 0 Å². The van der Waals surface area contributed by atoms with E-state index in [4.69, 9.17) is 0 Å². The van der Waals surface area contributed by atoms with Gasteiger partial charge in [-0.1, -0.05) is 218 Å². The second-order valence-electron chi connectivity index (χ2n) is 16.3. The Bertz CT molecular complexity index is 2980. The van der Waals surface area contributed by atoms with Gasteiger partial charge in [-0.2, -0.15) is 0 Å². The van der Waals surface area contributed by atoms with E-state index in [1.807, 2.05) is 0 Å². The molecule has 1 nitrogen and oxygen atoms in total. The molecule has 286 valence electrons. The van der Waals surface area contributed by atoms with Gasteiger partial charge in [-0.05, 0) is 102 Å². The van der Waals surface area contributed by atoms with Gasteiger partial charge in [0.25, 0.3) is 0 Å². The van der Waals surface area contributed by atoms with Crippen LogP contribution in [0, 0.1) is 0 Å². The summed E-state index contributed by atoms with van der Waals surface area (Å²) in [6.07, 6.45) is 0. The lowest BCUT2D eigenvalue weighted by molar-refractivity contribution is 0.767. The predicted octanol–water partition coefficient (Wildman–Crippen LogP) is 15.0. The van der Waals surface area contributed by atoms with Gasteiger partial charge in [-0.25, -0.2) is 0 Å². The number of anilines is 3. The maximum Gasteiger partial charge on any atom is 0.0714 e. The van der Waals surface area contributed by atoms with E-state index in [9.17, 15) is 0 Å². The minimum Gasteiger partial charge on any atom is -0.310 e. The molecule has 2 aliphatic rings. The third-order valence-electron chi connectivity index (χ3n) is 13.4. The maximum atomic E-state index is 2.51. The Hall–Kier alpha value is -7.74. The standard InChI is InChI=1S/C60H41N/c1-5-22-43(23-6-1)59(44-24-7-2-8-25-44)54-33-17-15-31-50(54)52-38-36-47(40-56(52)59)61(58-35-19-21-42-20-13-14-30-49(42)58)48-37-39-53-51-32-16-18-34-55(51)60(57(53)41-48,45-26-9-3-10-27-45)46-28-11-4-12-29-46/h1-41H. The summed E-state index contributed by atoms with van der Waals surface area (Å²) in [5, 5.41) is 2.41. The van der Waals surface area contributed by atoms with E-state index >= 15 is 0 Å². The first-order valence-electron chi connectivity index (χ1n) is 21.3. The molecule has 0 saturated heterocycles. The second-order valence-corrected chi connectivity index (χ2v) is 16.3. The Balaban J connectivity index is 1.16. The van der Waals surface area contributed by atoms with Crippen LogP contribution in [0.1, 0.15) is 44.5 Å². The van der Waals surface area contributed by atoms with E-state index < -0.39 is 10.8 Å². The van der Waals surface area contributed by atoms with E-state index in [0.29, 0.717) is 0 Å². The average Bonchev–Trinajstić information content (AvgIpc) is 3.81. The fourth-order valence-corrected chi connectivity index (χ4v) is 11.0. The summed E-state index contributed by atoms with van der Waals surface area (Å²) in [6, 6.07) is 92.3. The van der Waals surface area contributed by atoms with Gasteiger partial charge in [-0.15, -0.1) is 0 Å². The smallest absolute Gasteiger partial charge is 0.0714 e. The molecule has 0 bridgehead atoms. The van der Waals surface area contributed by atoms with Crippen molar-refractivity contribution >= 4 is 27.8 Å². The Morgan fingerprint density at radius 3 is 1.08 bits per heavy atom. The third kappa shape index (κ3) is 5.08. The number of benzene rings is 10. The van der Waals surface area contributed by atoms with Gasteiger partial charge in [0.05, 0.1) is 16.5 Å². The molecule has 0 radical (unpaired) electrons. The normalized spacial score (nSPS) is 13.8. The average molecular weight is 776 g/mol. The number of nitrogens with zero attached hydrogens (tertiary/aromatic N) is 1. The molecule has 0 spiro atoms. The van der Waals surface area contributed by atoms with Crippen LogP contribution in [0.5, 0.6) is 0 Å². The van der Waals surface area contributed by atoms with Crippen LogP contribution < -0.4 is 4.90 Å². The van der Waals surface area contributed by atoms with Crippen LogP contribution in [0.15, 0.2) is 249 Å². The van der Waals surface area contributed by atoms with E-state index in [0.717, 1.165) is 17.1 Å². The molecule has 1 heteroatoms. The predicted molar refractivity (Wildman–Crippen MR) is 253 cm³/mol. The van der Waals surface area contributed by atoms with Gasteiger partial charge in [0, 0.05) is 16.8 Å². The van der Waals surface area contributed by atoms with Gasteiger partial charge >= 0.3 is 0 Å². The van der Waals surface area contributed by atoms with Gasteiger partial charge in [0.15, 0.2) is 0 Å². The zero-order valence-corrected chi connectivity index (χ0v) is 33.6. The van der Waals surface area contributed by atoms with Crippen LogP contribution in [0.2, 0.25) is 0 Å². The van der Waals surface area contributed by atoms with Crippen molar-refractivity contribution < 1.29 is 0 Å². The lowest BCUT2D eigenvalue weighted by Gasteiger charge is -2.36. The summed E-state index contributed by atoms with van der Waals surface area (Å²) >= 11 is 0. The molecule has 0 aromatic heterocycles. The van der Waals surface area contributed by atoms with Crippen molar-refractivity contribution in [1.82, 2.24) is 0 Å². The molecular formula is C60H41N. The number of fused-ring (bicyclic) bond motifs is 7. The molecule has 10 aromatic carbocycles. The van der Waals surface area contributed by atoms with Gasteiger partial charge in [-0.3, -0.25) is 0 Å². The SMILES string of the molecule is c1ccc(C2(c3ccccc3)c3ccccc3-c3ccc(N(c4ccc5c(c4)C(c4ccccc4)(c4ccccc4)c4ccccc4-5)c4cccc5ccccc45)cc32)cc1. The topological polar surface area (TPSA) is 3.24 Å².